The average Bonchev–Trinajstić information content (AvgIpc) is 2.48. The van der Waals surface area contributed by atoms with Crippen LogP contribution >= 0.6 is 0 Å². The molecule has 1 aromatic rings. The highest BCUT2D eigenvalue weighted by atomic mass is 16.5. The number of hydrogen-bond donors (Lipinski definition) is 2. The first kappa shape index (κ1) is 10.7. The van der Waals surface area contributed by atoms with Crippen LogP contribution in [0.5, 0.6) is 0 Å². The fourth-order valence-electron chi connectivity index (χ4n) is 1.25. The summed E-state index contributed by atoms with van der Waals surface area (Å²) in [6, 6.07) is 0. The maximum absolute atomic E-state index is 11.0. The van der Waals surface area contributed by atoms with Crippen LogP contribution in [-0.4, -0.2) is 23.3 Å². The van der Waals surface area contributed by atoms with Crippen molar-refractivity contribution < 1.29 is 14.4 Å². The summed E-state index contributed by atoms with van der Waals surface area (Å²) in [5.74, 6) is -0.526. The van der Waals surface area contributed by atoms with E-state index in [4.69, 9.17) is 9.63 Å². The lowest BCUT2D eigenvalue weighted by Crippen LogP contribution is -2.11. The quantitative estimate of drug-likeness (QED) is 0.760. The third-order valence-electron chi connectivity index (χ3n) is 1.87. The molecule has 0 spiro atoms. The summed E-state index contributed by atoms with van der Waals surface area (Å²) in [6.45, 7) is 4.14. The zero-order valence-electron chi connectivity index (χ0n) is 8.50. The minimum Gasteiger partial charge on any atom is -0.477 e. The predicted octanol–water partition coefficient (Wildman–Crippen LogP) is 1.22. The van der Waals surface area contributed by atoms with Crippen LogP contribution in [0.15, 0.2) is 4.52 Å². The van der Waals surface area contributed by atoms with Crippen molar-refractivity contribution in [1.29, 1.82) is 0 Å². The standard InChI is InChI=1S/C9H14N2O3/c1-5(2)8-7(9(12)13)6(4-10-3)11-14-8/h5,10H,4H2,1-3H3,(H,12,13). The molecule has 0 bridgehead atoms. The van der Waals surface area contributed by atoms with Crippen LogP contribution < -0.4 is 5.32 Å². The van der Waals surface area contributed by atoms with Gasteiger partial charge in [0.25, 0.3) is 0 Å². The first-order valence-electron chi connectivity index (χ1n) is 4.44. The van der Waals surface area contributed by atoms with Gasteiger partial charge in [-0.3, -0.25) is 0 Å². The van der Waals surface area contributed by atoms with Crippen molar-refractivity contribution in [1.82, 2.24) is 10.5 Å². The van der Waals surface area contributed by atoms with Gasteiger partial charge in [0.05, 0.1) is 0 Å². The van der Waals surface area contributed by atoms with Crippen LogP contribution in [0.25, 0.3) is 0 Å². The molecule has 14 heavy (non-hydrogen) atoms. The summed E-state index contributed by atoms with van der Waals surface area (Å²) >= 11 is 0. The number of aromatic carboxylic acids is 1. The number of nitrogens with zero attached hydrogens (tertiary/aromatic N) is 1. The zero-order chi connectivity index (χ0) is 10.7. The Balaban J connectivity index is 3.13. The van der Waals surface area contributed by atoms with Crippen molar-refractivity contribution in [3.63, 3.8) is 0 Å². The molecule has 0 saturated carbocycles. The Morgan fingerprint density at radius 1 is 1.64 bits per heavy atom. The lowest BCUT2D eigenvalue weighted by Gasteiger charge is -2.00. The van der Waals surface area contributed by atoms with Crippen LogP contribution in [0.4, 0.5) is 0 Å². The highest BCUT2D eigenvalue weighted by Gasteiger charge is 2.23. The Kier molecular flexibility index (Phi) is 3.24. The molecule has 2 N–H and O–H groups in total. The van der Waals surface area contributed by atoms with Crippen molar-refractivity contribution in [2.75, 3.05) is 7.05 Å². The highest BCUT2D eigenvalue weighted by Crippen LogP contribution is 2.22. The molecule has 0 fully saturated rings. The van der Waals surface area contributed by atoms with Crippen molar-refractivity contribution in [3.8, 4) is 0 Å². The van der Waals surface area contributed by atoms with E-state index in [1.807, 2.05) is 13.8 Å². The molecule has 0 amide bonds. The van der Waals surface area contributed by atoms with E-state index in [0.29, 0.717) is 18.0 Å². The molecular weight excluding hydrogens is 184 g/mol. The molecule has 1 aromatic heterocycles. The van der Waals surface area contributed by atoms with Gasteiger partial charge in [0, 0.05) is 12.5 Å². The van der Waals surface area contributed by atoms with Crippen LogP contribution in [0.2, 0.25) is 0 Å². The third kappa shape index (κ3) is 1.93. The van der Waals surface area contributed by atoms with Crippen LogP contribution in [0, 0.1) is 0 Å². The summed E-state index contributed by atoms with van der Waals surface area (Å²) < 4.78 is 5.00. The number of aromatic nitrogens is 1. The average molecular weight is 198 g/mol. The fourth-order valence-corrected chi connectivity index (χ4v) is 1.25. The number of carboxylic acids is 1. The van der Waals surface area contributed by atoms with Gasteiger partial charge in [-0.2, -0.15) is 0 Å². The van der Waals surface area contributed by atoms with Gasteiger partial charge < -0.3 is 14.9 Å². The Hall–Kier alpha value is -1.36. The largest absolute Gasteiger partial charge is 0.477 e. The molecule has 0 unspecified atom stereocenters. The summed E-state index contributed by atoms with van der Waals surface area (Å²) in [5.41, 5.74) is 0.637. The van der Waals surface area contributed by atoms with Gasteiger partial charge in [-0.25, -0.2) is 4.79 Å². The van der Waals surface area contributed by atoms with Gasteiger partial charge in [-0.05, 0) is 7.05 Å². The Bertz CT molecular complexity index is 331. The first-order chi connectivity index (χ1) is 6.57. The molecule has 5 heteroatoms. The molecule has 0 aliphatic rings. The maximum Gasteiger partial charge on any atom is 0.341 e. The monoisotopic (exact) mass is 198 g/mol. The van der Waals surface area contributed by atoms with E-state index in [-0.39, 0.29) is 11.5 Å². The molecule has 5 nitrogen and oxygen atoms in total. The molecule has 0 saturated heterocycles. The molecule has 1 rings (SSSR count). The summed E-state index contributed by atoms with van der Waals surface area (Å²) in [5, 5.41) is 15.6. The lowest BCUT2D eigenvalue weighted by molar-refractivity contribution is 0.0692. The van der Waals surface area contributed by atoms with Crippen molar-refractivity contribution in [2.24, 2.45) is 0 Å². The maximum atomic E-state index is 11.0. The summed E-state index contributed by atoms with van der Waals surface area (Å²) in [7, 11) is 1.73. The zero-order valence-corrected chi connectivity index (χ0v) is 8.50. The molecule has 0 radical (unpaired) electrons. The number of rotatable bonds is 4. The van der Waals surface area contributed by atoms with E-state index in [1.165, 1.54) is 0 Å². The molecule has 0 aliphatic heterocycles. The number of hydrogen-bond acceptors (Lipinski definition) is 4. The van der Waals surface area contributed by atoms with E-state index in [2.05, 4.69) is 10.5 Å². The van der Waals surface area contributed by atoms with E-state index in [0.717, 1.165) is 0 Å². The second-order valence-electron chi connectivity index (χ2n) is 3.36. The van der Waals surface area contributed by atoms with Gasteiger partial charge in [0.15, 0.2) is 5.76 Å². The Labute approximate surface area is 82.1 Å². The molecule has 78 valence electrons. The van der Waals surface area contributed by atoms with Gasteiger partial charge in [-0.1, -0.05) is 19.0 Å². The predicted molar refractivity (Wildman–Crippen MR) is 50.3 cm³/mol. The Morgan fingerprint density at radius 2 is 2.29 bits per heavy atom. The van der Waals surface area contributed by atoms with Crippen LogP contribution in [0.1, 0.15) is 41.6 Å². The Morgan fingerprint density at radius 3 is 2.71 bits per heavy atom. The van der Waals surface area contributed by atoms with E-state index in [1.54, 1.807) is 7.05 Å². The van der Waals surface area contributed by atoms with Crippen molar-refractivity contribution in [2.45, 2.75) is 26.3 Å². The second kappa shape index (κ2) is 4.23. The fraction of sp³-hybridized carbons (Fsp3) is 0.556. The third-order valence-corrected chi connectivity index (χ3v) is 1.87. The SMILES string of the molecule is CNCc1noc(C(C)C)c1C(=O)O. The number of nitrogens with one attached hydrogen (secondary N) is 1. The van der Waals surface area contributed by atoms with Crippen LogP contribution in [0.3, 0.4) is 0 Å². The summed E-state index contributed by atoms with van der Waals surface area (Å²) in [4.78, 5) is 11.0. The second-order valence-corrected chi connectivity index (χ2v) is 3.36. The molecule has 1 heterocycles. The molecular formula is C9H14N2O3. The molecule has 0 atom stereocenters. The topological polar surface area (TPSA) is 75.4 Å². The summed E-state index contributed by atoms with van der Waals surface area (Å²) in [6.07, 6.45) is 0. The van der Waals surface area contributed by atoms with Crippen LogP contribution in [-0.2, 0) is 6.54 Å². The van der Waals surface area contributed by atoms with Crippen molar-refractivity contribution >= 4 is 5.97 Å². The van der Waals surface area contributed by atoms with E-state index >= 15 is 0 Å². The minimum atomic E-state index is -0.986. The number of carbonyl (C=O) groups is 1. The van der Waals surface area contributed by atoms with Gasteiger partial charge in [0.1, 0.15) is 11.3 Å². The smallest absolute Gasteiger partial charge is 0.341 e. The van der Waals surface area contributed by atoms with E-state index < -0.39 is 5.97 Å². The van der Waals surface area contributed by atoms with Gasteiger partial charge >= 0.3 is 5.97 Å². The molecule has 0 aromatic carbocycles. The highest BCUT2D eigenvalue weighted by molar-refractivity contribution is 5.90. The lowest BCUT2D eigenvalue weighted by atomic mass is 10.1. The van der Waals surface area contributed by atoms with Gasteiger partial charge in [0.2, 0.25) is 0 Å². The minimum absolute atomic E-state index is 0.0270. The molecule has 0 aliphatic carbocycles. The normalized spacial score (nSPS) is 10.9. The van der Waals surface area contributed by atoms with E-state index in [9.17, 15) is 4.79 Å². The first-order valence-corrected chi connectivity index (χ1v) is 4.44. The van der Waals surface area contributed by atoms with Crippen molar-refractivity contribution in [3.05, 3.63) is 17.0 Å². The number of carboxylic acid groups (broad SMARTS) is 1. The van der Waals surface area contributed by atoms with Gasteiger partial charge in [-0.15, -0.1) is 0 Å².